The highest BCUT2D eigenvalue weighted by molar-refractivity contribution is 5.63. The lowest BCUT2D eigenvalue weighted by Gasteiger charge is -1.97. The van der Waals surface area contributed by atoms with Crippen LogP contribution in [-0.4, -0.2) is 15.7 Å². The van der Waals surface area contributed by atoms with Crippen molar-refractivity contribution in [3.63, 3.8) is 0 Å². The molecule has 0 amide bonds. The van der Waals surface area contributed by atoms with Crippen molar-refractivity contribution in [3.8, 4) is 11.5 Å². The van der Waals surface area contributed by atoms with Gasteiger partial charge in [-0.05, 0) is 24.3 Å². The average Bonchev–Trinajstić information content (AvgIpc) is 2.60. The lowest BCUT2D eigenvalue weighted by molar-refractivity contribution is -0.306. The number of aromatic nitrogens is 2. The molecule has 17 heavy (non-hydrogen) atoms. The van der Waals surface area contributed by atoms with Crippen LogP contribution in [0.5, 0.6) is 0 Å². The first-order chi connectivity index (χ1) is 8.06. The Bertz CT molecular complexity index is 600. The van der Waals surface area contributed by atoms with Gasteiger partial charge in [-0.25, -0.2) is 9.18 Å². The lowest BCUT2D eigenvalue weighted by Crippen LogP contribution is -2.31. The van der Waals surface area contributed by atoms with Crippen molar-refractivity contribution >= 4 is 5.97 Å². The zero-order valence-electron chi connectivity index (χ0n) is 8.42. The molecule has 88 valence electrons. The highest BCUT2D eigenvalue weighted by Crippen LogP contribution is 2.15. The molecule has 1 aromatic carbocycles. The molecule has 0 radical (unpaired) electrons. The number of hydrogen-bond donors (Lipinski definition) is 0. The summed E-state index contributed by atoms with van der Waals surface area (Å²) < 4.78 is 18.0. The SMILES string of the molecule is O=C([O-])Cn1nc(-c2ccc(F)cc2)oc1=O. The van der Waals surface area contributed by atoms with Gasteiger partial charge in [0.1, 0.15) is 5.82 Å². The third kappa shape index (κ3) is 2.39. The average molecular weight is 237 g/mol. The van der Waals surface area contributed by atoms with Crippen molar-refractivity contribution in [2.45, 2.75) is 6.54 Å². The number of halogens is 1. The van der Waals surface area contributed by atoms with Crippen LogP contribution in [0.1, 0.15) is 0 Å². The predicted molar refractivity (Wildman–Crippen MR) is 51.2 cm³/mol. The summed E-state index contributed by atoms with van der Waals surface area (Å²) in [7, 11) is 0. The fourth-order valence-electron chi connectivity index (χ4n) is 1.24. The summed E-state index contributed by atoms with van der Waals surface area (Å²) in [5.74, 6) is -2.87. The molecule has 0 aliphatic heterocycles. The molecule has 0 spiro atoms. The van der Waals surface area contributed by atoms with Crippen molar-refractivity contribution in [3.05, 3.63) is 40.6 Å². The van der Waals surface area contributed by atoms with Gasteiger partial charge in [0.2, 0.25) is 5.89 Å². The van der Waals surface area contributed by atoms with Crippen molar-refractivity contribution in [2.75, 3.05) is 0 Å². The standard InChI is InChI=1S/C10H7FN2O4/c11-7-3-1-6(2-4-7)9-12-13(5-8(14)15)10(16)17-9/h1-4H,5H2,(H,14,15)/p-1. The topological polar surface area (TPSA) is 88.2 Å². The van der Waals surface area contributed by atoms with E-state index in [1.807, 2.05) is 0 Å². The van der Waals surface area contributed by atoms with Gasteiger partial charge < -0.3 is 14.3 Å². The minimum atomic E-state index is -1.45. The summed E-state index contributed by atoms with van der Waals surface area (Å²) in [5.41, 5.74) is 0.376. The fourth-order valence-corrected chi connectivity index (χ4v) is 1.24. The molecule has 6 nitrogen and oxygen atoms in total. The number of hydrogen-bond acceptors (Lipinski definition) is 5. The van der Waals surface area contributed by atoms with E-state index < -0.39 is 24.1 Å². The Hall–Kier alpha value is -2.44. The van der Waals surface area contributed by atoms with E-state index >= 15 is 0 Å². The Labute approximate surface area is 93.9 Å². The number of carbonyl (C=O) groups excluding carboxylic acids is 1. The highest BCUT2D eigenvalue weighted by atomic mass is 19.1. The maximum Gasteiger partial charge on any atom is 0.437 e. The summed E-state index contributed by atoms with van der Waals surface area (Å²) in [5, 5.41) is 14.0. The maximum atomic E-state index is 12.7. The summed E-state index contributed by atoms with van der Waals surface area (Å²) in [6.45, 7) is -0.691. The second-order valence-corrected chi connectivity index (χ2v) is 3.21. The number of aliphatic carboxylic acids is 1. The number of benzene rings is 1. The Morgan fingerprint density at radius 3 is 2.65 bits per heavy atom. The lowest BCUT2D eigenvalue weighted by atomic mass is 10.2. The van der Waals surface area contributed by atoms with E-state index in [0.717, 1.165) is 0 Å². The zero-order chi connectivity index (χ0) is 12.4. The number of carboxylic acid groups (broad SMARTS) is 1. The van der Waals surface area contributed by atoms with E-state index in [9.17, 15) is 19.1 Å². The van der Waals surface area contributed by atoms with Gasteiger partial charge >= 0.3 is 5.76 Å². The van der Waals surface area contributed by atoms with Crippen LogP contribution >= 0.6 is 0 Å². The molecule has 1 aromatic heterocycles. The molecule has 0 saturated carbocycles. The van der Waals surface area contributed by atoms with Crippen LogP contribution in [0.3, 0.4) is 0 Å². The predicted octanol–water partition coefficient (Wildman–Crippen LogP) is -0.608. The second kappa shape index (κ2) is 4.20. The monoisotopic (exact) mass is 237 g/mol. The molecule has 2 aromatic rings. The van der Waals surface area contributed by atoms with Crippen LogP contribution in [-0.2, 0) is 11.3 Å². The fraction of sp³-hybridized carbons (Fsp3) is 0.100. The third-order valence-electron chi connectivity index (χ3n) is 1.98. The van der Waals surface area contributed by atoms with Crippen LogP contribution in [0, 0.1) is 5.82 Å². The first-order valence-electron chi connectivity index (χ1n) is 4.60. The first kappa shape index (κ1) is 11.1. The quantitative estimate of drug-likeness (QED) is 0.710. The Morgan fingerprint density at radius 2 is 2.06 bits per heavy atom. The zero-order valence-corrected chi connectivity index (χ0v) is 8.42. The molecule has 0 unspecified atom stereocenters. The van der Waals surface area contributed by atoms with E-state index in [0.29, 0.717) is 10.2 Å². The molecule has 0 bridgehead atoms. The van der Waals surface area contributed by atoms with Gasteiger partial charge in [-0.3, -0.25) is 0 Å². The maximum absolute atomic E-state index is 12.7. The number of carbonyl (C=O) groups is 1. The summed E-state index contributed by atoms with van der Waals surface area (Å²) >= 11 is 0. The van der Waals surface area contributed by atoms with Gasteiger partial charge in [-0.2, -0.15) is 4.68 Å². The Balaban J connectivity index is 2.37. The van der Waals surface area contributed by atoms with Gasteiger partial charge in [0, 0.05) is 5.56 Å². The largest absolute Gasteiger partial charge is 0.548 e. The molecular formula is C10H6FN2O4-. The highest BCUT2D eigenvalue weighted by Gasteiger charge is 2.10. The van der Waals surface area contributed by atoms with Crippen LogP contribution in [0.4, 0.5) is 4.39 Å². The normalized spacial score (nSPS) is 10.4. The van der Waals surface area contributed by atoms with E-state index in [-0.39, 0.29) is 5.89 Å². The molecule has 0 atom stereocenters. The van der Waals surface area contributed by atoms with Crippen molar-refractivity contribution in [1.29, 1.82) is 0 Å². The minimum absolute atomic E-state index is 0.0729. The molecule has 0 aliphatic rings. The summed E-state index contributed by atoms with van der Waals surface area (Å²) in [4.78, 5) is 21.5. The molecule has 0 saturated heterocycles. The number of carboxylic acids is 1. The number of rotatable bonds is 3. The molecule has 2 rings (SSSR count). The smallest absolute Gasteiger partial charge is 0.437 e. The van der Waals surface area contributed by atoms with Gasteiger partial charge in [0.15, 0.2) is 0 Å². The molecule has 1 heterocycles. The second-order valence-electron chi connectivity index (χ2n) is 3.21. The molecule has 0 fully saturated rings. The van der Waals surface area contributed by atoms with E-state index in [2.05, 4.69) is 5.10 Å². The molecule has 7 heteroatoms. The van der Waals surface area contributed by atoms with Gasteiger partial charge in [-0.1, -0.05) is 0 Å². The van der Waals surface area contributed by atoms with E-state index in [1.165, 1.54) is 24.3 Å². The van der Waals surface area contributed by atoms with Crippen molar-refractivity contribution in [1.82, 2.24) is 9.78 Å². The van der Waals surface area contributed by atoms with Crippen LogP contribution < -0.4 is 10.9 Å². The Morgan fingerprint density at radius 1 is 1.41 bits per heavy atom. The number of nitrogens with zero attached hydrogens (tertiary/aromatic N) is 2. The molecular weight excluding hydrogens is 231 g/mol. The van der Waals surface area contributed by atoms with Crippen molar-refractivity contribution in [2.24, 2.45) is 0 Å². The molecule has 0 N–H and O–H groups in total. The molecule has 0 aliphatic carbocycles. The van der Waals surface area contributed by atoms with Gasteiger partial charge in [0.25, 0.3) is 0 Å². The van der Waals surface area contributed by atoms with Crippen LogP contribution in [0.2, 0.25) is 0 Å². The third-order valence-corrected chi connectivity index (χ3v) is 1.98. The first-order valence-corrected chi connectivity index (χ1v) is 4.60. The van der Waals surface area contributed by atoms with E-state index in [1.54, 1.807) is 0 Å². The Kier molecular flexibility index (Phi) is 2.73. The van der Waals surface area contributed by atoms with E-state index in [4.69, 9.17) is 4.42 Å². The van der Waals surface area contributed by atoms with Gasteiger partial charge in [-0.15, -0.1) is 5.10 Å². The van der Waals surface area contributed by atoms with Gasteiger partial charge in [0.05, 0.1) is 12.5 Å². The summed E-state index contributed by atoms with van der Waals surface area (Å²) in [6.07, 6.45) is 0. The van der Waals surface area contributed by atoms with Crippen molar-refractivity contribution < 1.29 is 18.7 Å². The van der Waals surface area contributed by atoms with Crippen LogP contribution in [0.25, 0.3) is 11.5 Å². The summed E-state index contributed by atoms with van der Waals surface area (Å²) in [6, 6.07) is 5.08. The minimum Gasteiger partial charge on any atom is -0.548 e. The van der Waals surface area contributed by atoms with Crippen LogP contribution in [0.15, 0.2) is 33.5 Å².